The fourth-order valence-electron chi connectivity index (χ4n) is 2.34. The molecule has 134 valence electrons. The van der Waals surface area contributed by atoms with Gasteiger partial charge in [-0.3, -0.25) is 0 Å². The number of carboxylic acids is 1. The normalized spacial score (nSPS) is 10.7. The van der Waals surface area contributed by atoms with Crippen molar-refractivity contribution >= 4 is 29.3 Å². The van der Waals surface area contributed by atoms with Crippen molar-refractivity contribution in [3.8, 4) is 17.3 Å². The van der Waals surface area contributed by atoms with Crippen molar-refractivity contribution in [2.24, 2.45) is 0 Å². The van der Waals surface area contributed by atoms with E-state index in [1.165, 1.54) is 42.6 Å². The first-order valence-electron chi connectivity index (χ1n) is 7.60. The molecule has 0 unspecified atom stereocenters. The number of halogens is 2. The Morgan fingerprint density at radius 3 is 2.67 bits per heavy atom. The number of nitriles is 1. The maximum Gasteiger partial charge on any atom is 0.179 e. The summed E-state index contributed by atoms with van der Waals surface area (Å²) < 4.78 is 19.2. The number of benzene rings is 2. The third kappa shape index (κ3) is 3.81. The summed E-state index contributed by atoms with van der Waals surface area (Å²) in [6.45, 7) is 0. The standard InChI is InChI=1S/C19H11ClFN3O3/c20-14-2-1-3-15(21)17(14)18-13(10-22)16(27-24-18)8-9-23-12-6-4-11(5-7-12)19(25)26/h1-9,23H,(H,25,26)/p-1/b9-8+. The molecule has 0 atom stereocenters. The summed E-state index contributed by atoms with van der Waals surface area (Å²) in [4.78, 5) is 10.7. The molecular weight excluding hydrogens is 373 g/mol. The van der Waals surface area contributed by atoms with Crippen LogP contribution in [-0.4, -0.2) is 11.1 Å². The SMILES string of the molecule is N#Cc1c(-c2c(F)cccc2Cl)noc1/C=C/Nc1ccc(C(=O)[O-])cc1. The highest BCUT2D eigenvalue weighted by molar-refractivity contribution is 6.33. The van der Waals surface area contributed by atoms with Crippen molar-refractivity contribution in [2.45, 2.75) is 0 Å². The first-order chi connectivity index (χ1) is 13.0. The second-order valence-electron chi connectivity index (χ2n) is 5.32. The zero-order valence-corrected chi connectivity index (χ0v) is 14.3. The van der Waals surface area contributed by atoms with E-state index < -0.39 is 11.8 Å². The third-order valence-corrected chi connectivity index (χ3v) is 3.95. The molecule has 0 aliphatic rings. The zero-order chi connectivity index (χ0) is 19.4. The van der Waals surface area contributed by atoms with Crippen molar-refractivity contribution in [3.05, 3.63) is 76.4 Å². The lowest BCUT2D eigenvalue weighted by atomic mass is 10.1. The van der Waals surface area contributed by atoms with Crippen molar-refractivity contribution in [3.63, 3.8) is 0 Å². The van der Waals surface area contributed by atoms with Crippen LogP contribution < -0.4 is 10.4 Å². The predicted molar refractivity (Wildman–Crippen MR) is 95.1 cm³/mol. The number of carbonyl (C=O) groups is 1. The Bertz CT molecular complexity index is 1050. The summed E-state index contributed by atoms with van der Waals surface area (Å²) in [6.07, 6.45) is 2.92. The maximum absolute atomic E-state index is 14.1. The molecule has 1 aromatic heterocycles. The van der Waals surface area contributed by atoms with Crippen LogP contribution in [0.4, 0.5) is 10.1 Å². The lowest BCUT2D eigenvalue weighted by molar-refractivity contribution is -0.255. The zero-order valence-electron chi connectivity index (χ0n) is 13.6. The molecule has 0 spiro atoms. The molecule has 6 nitrogen and oxygen atoms in total. The minimum atomic E-state index is -1.27. The van der Waals surface area contributed by atoms with E-state index in [1.807, 2.05) is 6.07 Å². The fourth-order valence-corrected chi connectivity index (χ4v) is 2.59. The fraction of sp³-hybridized carbons (Fsp3) is 0. The second-order valence-corrected chi connectivity index (χ2v) is 5.73. The predicted octanol–water partition coefficient (Wildman–Crippen LogP) is 3.45. The van der Waals surface area contributed by atoms with Crippen molar-refractivity contribution in [2.75, 3.05) is 5.32 Å². The third-order valence-electron chi connectivity index (χ3n) is 3.64. The Labute approximate surface area is 158 Å². The van der Waals surface area contributed by atoms with E-state index in [2.05, 4.69) is 10.5 Å². The number of anilines is 1. The Morgan fingerprint density at radius 2 is 2.04 bits per heavy atom. The van der Waals surface area contributed by atoms with Crippen LogP contribution in [0.3, 0.4) is 0 Å². The number of hydrogen-bond donors (Lipinski definition) is 1. The number of rotatable bonds is 5. The number of aromatic nitrogens is 1. The summed E-state index contributed by atoms with van der Waals surface area (Å²) in [5, 5.41) is 26.9. The number of nitrogens with zero attached hydrogens (tertiary/aromatic N) is 2. The van der Waals surface area contributed by atoms with Gasteiger partial charge in [0.2, 0.25) is 0 Å². The van der Waals surface area contributed by atoms with Crippen LogP contribution in [0, 0.1) is 17.1 Å². The maximum atomic E-state index is 14.1. The topological polar surface area (TPSA) is 102 Å². The Morgan fingerprint density at radius 1 is 1.30 bits per heavy atom. The molecular formula is C19H10ClFN3O3-. The second kappa shape index (κ2) is 7.72. The molecule has 0 fully saturated rings. The van der Waals surface area contributed by atoms with E-state index in [1.54, 1.807) is 12.1 Å². The van der Waals surface area contributed by atoms with Gasteiger partial charge >= 0.3 is 0 Å². The Kier molecular flexibility index (Phi) is 5.20. The van der Waals surface area contributed by atoms with E-state index >= 15 is 0 Å². The molecule has 0 aliphatic carbocycles. The summed E-state index contributed by atoms with van der Waals surface area (Å²) >= 11 is 6.01. The Balaban J connectivity index is 1.84. The average Bonchev–Trinajstić information content (AvgIpc) is 3.04. The molecule has 8 heteroatoms. The lowest BCUT2D eigenvalue weighted by Crippen LogP contribution is -2.21. The van der Waals surface area contributed by atoms with Gasteiger partial charge in [-0.25, -0.2) is 4.39 Å². The van der Waals surface area contributed by atoms with E-state index in [4.69, 9.17) is 16.1 Å². The number of hydrogen-bond acceptors (Lipinski definition) is 6. The van der Waals surface area contributed by atoms with E-state index in [9.17, 15) is 19.6 Å². The summed E-state index contributed by atoms with van der Waals surface area (Å²) in [5.74, 6) is -1.77. The van der Waals surface area contributed by atoms with E-state index in [-0.39, 0.29) is 33.2 Å². The summed E-state index contributed by atoms with van der Waals surface area (Å²) in [6, 6.07) is 12.0. The number of aromatic carboxylic acids is 1. The molecule has 0 amide bonds. The quantitative estimate of drug-likeness (QED) is 0.725. The van der Waals surface area contributed by atoms with Crippen LogP contribution in [0.15, 0.2) is 53.2 Å². The van der Waals surface area contributed by atoms with E-state index in [0.29, 0.717) is 5.69 Å². The highest BCUT2D eigenvalue weighted by Crippen LogP contribution is 2.33. The van der Waals surface area contributed by atoms with Gasteiger partial charge in [-0.2, -0.15) is 5.26 Å². The largest absolute Gasteiger partial charge is 0.545 e. The minimum Gasteiger partial charge on any atom is -0.545 e. The smallest absolute Gasteiger partial charge is 0.179 e. The van der Waals surface area contributed by atoms with Crippen molar-refractivity contribution in [1.29, 1.82) is 5.26 Å². The molecule has 2 aromatic carbocycles. The van der Waals surface area contributed by atoms with Gasteiger partial charge in [0.05, 0.1) is 16.6 Å². The van der Waals surface area contributed by atoms with Crippen LogP contribution in [0.5, 0.6) is 0 Å². The van der Waals surface area contributed by atoms with Crippen molar-refractivity contribution < 1.29 is 18.8 Å². The van der Waals surface area contributed by atoms with Crippen LogP contribution in [-0.2, 0) is 0 Å². The van der Waals surface area contributed by atoms with Crippen LogP contribution in [0.25, 0.3) is 17.3 Å². The van der Waals surface area contributed by atoms with Crippen LogP contribution in [0.1, 0.15) is 21.7 Å². The molecule has 0 saturated carbocycles. The first kappa shape index (κ1) is 18.2. The molecule has 0 aliphatic heterocycles. The van der Waals surface area contributed by atoms with Gasteiger partial charge in [-0.15, -0.1) is 0 Å². The highest BCUT2D eigenvalue weighted by atomic mass is 35.5. The average molecular weight is 383 g/mol. The number of carbonyl (C=O) groups excluding carboxylic acids is 1. The van der Waals surface area contributed by atoms with Gasteiger partial charge in [-0.1, -0.05) is 35.0 Å². The van der Waals surface area contributed by atoms with Crippen LogP contribution in [0.2, 0.25) is 5.02 Å². The van der Waals surface area contributed by atoms with Gasteiger partial charge in [0.15, 0.2) is 5.76 Å². The monoisotopic (exact) mass is 382 g/mol. The number of carboxylic acid groups (broad SMARTS) is 1. The first-order valence-corrected chi connectivity index (χ1v) is 7.97. The lowest BCUT2D eigenvalue weighted by Gasteiger charge is -2.04. The molecule has 1 N–H and O–H groups in total. The molecule has 27 heavy (non-hydrogen) atoms. The molecule has 3 aromatic rings. The van der Waals surface area contributed by atoms with Gasteiger partial charge in [0.1, 0.15) is 23.1 Å². The van der Waals surface area contributed by atoms with Gasteiger partial charge in [0, 0.05) is 18.0 Å². The molecule has 0 bridgehead atoms. The van der Waals surface area contributed by atoms with Gasteiger partial charge in [-0.05, 0) is 29.8 Å². The van der Waals surface area contributed by atoms with Gasteiger partial charge in [0.25, 0.3) is 0 Å². The van der Waals surface area contributed by atoms with Gasteiger partial charge < -0.3 is 19.7 Å². The molecule has 0 radical (unpaired) electrons. The highest BCUT2D eigenvalue weighted by Gasteiger charge is 2.21. The Hall–Kier alpha value is -3.63. The van der Waals surface area contributed by atoms with E-state index in [0.717, 1.165) is 0 Å². The number of nitrogens with one attached hydrogen (secondary N) is 1. The summed E-state index contributed by atoms with van der Waals surface area (Å²) in [5.41, 5.74) is 0.695. The molecule has 3 rings (SSSR count). The van der Waals surface area contributed by atoms with Crippen LogP contribution >= 0.6 is 11.6 Å². The molecule has 1 heterocycles. The molecule has 0 saturated heterocycles. The minimum absolute atomic E-state index is 0.00931. The van der Waals surface area contributed by atoms with Crippen molar-refractivity contribution in [1.82, 2.24) is 5.16 Å². The summed E-state index contributed by atoms with van der Waals surface area (Å²) in [7, 11) is 0.